The summed E-state index contributed by atoms with van der Waals surface area (Å²) in [6.45, 7) is 0.487. The van der Waals surface area contributed by atoms with Crippen LogP contribution in [0.5, 0.6) is 0 Å². The molecule has 5 heteroatoms. The zero-order valence-electron chi connectivity index (χ0n) is 8.24. The van der Waals surface area contributed by atoms with Crippen LogP contribution in [0.4, 0.5) is 0 Å². The van der Waals surface area contributed by atoms with E-state index < -0.39 is 0 Å². The highest BCUT2D eigenvalue weighted by Crippen LogP contribution is 2.20. The molecule has 0 amide bonds. The van der Waals surface area contributed by atoms with Gasteiger partial charge in [0, 0.05) is 18.7 Å². The second-order valence-electron chi connectivity index (χ2n) is 3.38. The molecule has 0 aromatic carbocycles. The third-order valence-corrected chi connectivity index (χ3v) is 2.36. The van der Waals surface area contributed by atoms with Gasteiger partial charge in [-0.15, -0.1) is 0 Å². The van der Waals surface area contributed by atoms with E-state index in [2.05, 4.69) is 19.9 Å². The number of rotatable bonds is 2. The van der Waals surface area contributed by atoms with E-state index in [1.165, 1.54) is 0 Å². The summed E-state index contributed by atoms with van der Waals surface area (Å²) >= 11 is 0. The number of methoxy groups -OCH3 is 1. The van der Waals surface area contributed by atoms with Crippen LogP contribution >= 0.6 is 0 Å². The molecule has 5 nitrogen and oxygen atoms in total. The van der Waals surface area contributed by atoms with Crippen LogP contribution in [0.25, 0.3) is 22.1 Å². The van der Waals surface area contributed by atoms with Gasteiger partial charge in [-0.05, 0) is 6.07 Å². The highest BCUT2D eigenvalue weighted by atomic mass is 16.5. The van der Waals surface area contributed by atoms with Gasteiger partial charge < -0.3 is 14.7 Å². The fourth-order valence-electron chi connectivity index (χ4n) is 1.73. The largest absolute Gasteiger partial charge is 0.377 e. The van der Waals surface area contributed by atoms with Gasteiger partial charge in [0.15, 0.2) is 0 Å². The van der Waals surface area contributed by atoms with Crippen LogP contribution in [0.1, 0.15) is 5.82 Å². The summed E-state index contributed by atoms with van der Waals surface area (Å²) in [7, 11) is 1.65. The molecule has 0 atom stereocenters. The average molecular weight is 202 g/mol. The molecule has 0 saturated heterocycles. The van der Waals surface area contributed by atoms with E-state index in [1.807, 2.05) is 12.3 Å². The van der Waals surface area contributed by atoms with Crippen LogP contribution in [-0.4, -0.2) is 27.0 Å². The van der Waals surface area contributed by atoms with Crippen molar-refractivity contribution in [1.82, 2.24) is 19.9 Å². The van der Waals surface area contributed by atoms with E-state index >= 15 is 0 Å². The fourth-order valence-corrected chi connectivity index (χ4v) is 1.73. The first kappa shape index (κ1) is 8.43. The van der Waals surface area contributed by atoms with Crippen molar-refractivity contribution in [1.29, 1.82) is 0 Å². The third kappa shape index (κ3) is 1.20. The monoisotopic (exact) mass is 202 g/mol. The number of aromatic amines is 2. The van der Waals surface area contributed by atoms with Gasteiger partial charge in [-0.3, -0.25) is 0 Å². The normalized spacial score (nSPS) is 11.5. The van der Waals surface area contributed by atoms with Crippen molar-refractivity contribution in [3.8, 4) is 0 Å². The van der Waals surface area contributed by atoms with Crippen molar-refractivity contribution in [2.24, 2.45) is 0 Å². The molecule has 2 N–H and O–H groups in total. The smallest absolute Gasteiger partial charge is 0.139 e. The number of nitrogens with one attached hydrogen (secondary N) is 2. The molecule has 0 spiro atoms. The highest BCUT2D eigenvalue weighted by Gasteiger charge is 2.07. The van der Waals surface area contributed by atoms with E-state index in [0.717, 1.165) is 27.9 Å². The maximum absolute atomic E-state index is 5.03. The summed E-state index contributed by atoms with van der Waals surface area (Å²) in [5.74, 6) is 0.822. The summed E-state index contributed by atoms with van der Waals surface area (Å²) in [6.07, 6.45) is 3.64. The van der Waals surface area contributed by atoms with Gasteiger partial charge in [-0.1, -0.05) is 0 Å². The van der Waals surface area contributed by atoms with Crippen LogP contribution in [0.3, 0.4) is 0 Å². The Bertz CT molecular complexity index is 610. The summed E-state index contributed by atoms with van der Waals surface area (Å²) in [5, 5.41) is 1.03. The van der Waals surface area contributed by atoms with Gasteiger partial charge in [-0.2, -0.15) is 0 Å². The lowest BCUT2D eigenvalue weighted by Gasteiger charge is -1.89. The molecular weight excluding hydrogens is 192 g/mol. The Balaban J connectivity index is 2.32. The number of ether oxygens (including phenoxy) is 1. The van der Waals surface area contributed by atoms with Crippen molar-refractivity contribution in [3.63, 3.8) is 0 Å². The molecule has 3 aromatic heterocycles. The Morgan fingerprint density at radius 1 is 1.47 bits per heavy atom. The minimum absolute atomic E-state index is 0.487. The van der Waals surface area contributed by atoms with Crippen molar-refractivity contribution >= 4 is 22.1 Å². The molecule has 0 aliphatic carbocycles. The summed E-state index contributed by atoms with van der Waals surface area (Å²) in [5.41, 5.74) is 2.74. The molecular formula is C10H10N4O. The first-order valence-corrected chi connectivity index (χ1v) is 4.68. The van der Waals surface area contributed by atoms with E-state index in [-0.39, 0.29) is 0 Å². The summed E-state index contributed by atoms with van der Waals surface area (Å²) in [6, 6.07) is 1.97. The Morgan fingerprint density at radius 2 is 2.40 bits per heavy atom. The van der Waals surface area contributed by atoms with Crippen LogP contribution < -0.4 is 0 Å². The lowest BCUT2D eigenvalue weighted by atomic mass is 10.3. The zero-order chi connectivity index (χ0) is 10.3. The molecule has 3 aromatic rings. The zero-order valence-corrected chi connectivity index (χ0v) is 8.24. The number of nitrogens with zero attached hydrogens (tertiary/aromatic N) is 2. The number of aromatic nitrogens is 4. The average Bonchev–Trinajstić information content (AvgIpc) is 2.80. The summed E-state index contributed by atoms with van der Waals surface area (Å²) < 4.78 is 5.03. The predicted molar refractivity (Wildman–Crippen MR) is 56.5 cm³/mol. The van der Waals surface area contributed by atoms with E-state index in [9.17, 15) is 0 Å². The summed E-state index contributed by atoms with van der Waals surface area (Å²) in [4.78, 5) is 15.0. The molecule has 0 saturated carbocycles. The Hall–Kier alpha value is -1.88. The molecule has 15 heavy (non-hydrogen) atoms. The number of hydrogen-bond acceptors (Lipinski definition) is 3. The minimum Gasteiger partial charge on any atom is -0.377 e. The van der Waals surface area contributed by atoms with Crippen LogP contribution in [-0.2, 0) is 11.3 Å². The number of hydrogen-bond donors (Lipinski definition) is 2. The predicted octanol–water partition coefficient (Wildman–Crippen LogP) is 1.59. The molecule has 0 bridgehead atoms. The standard InChI is InChI=1S/C10H10N4O/c1-15-5-8-13-7-4-12-10-6(2-3-11-10)9(7)14-8/h2-4H,5H2,1H3,(H,11,12)(H,13,14). The maximum Gasteiger partial charge on any atom is 0.139 e. The quantitative estimate of drug-likeness (QED) is 0.663. The Morgan fingerprint density at radius 3 is 3.27 bits per heavy atom. The first-order chi connectivity index (χ1) is 7.38. The van der Waals surface area contributed by atoms with Crippen LogP contribution in [0.15, 0.2) is 18.5 Å². The highest BCUT2D eigenvalue weighted by molar-refractivity contribution is 6.00. The van der Waals surface area contributed by atoms with Crippen molar-refractivity contribution in [3.05, 3.63) is 24.3 Å². The van der Waals surface area contributed by atoms with Crippen molar-refractivity contribution < 1.29 is 4.74 Å². The van der Waals surface area contributed by atoms with Gasteiger partial charge >= 0.3 is 0 Å². The van der Waals surface area contributed by atoms with Gasteiger partial charge in [0.25, 0.3) is 0 Å². The molecule has 0 unspecified atom stereocenters. The van der Waals surface area contributed by atoms with Crippen LogP contribution in [0, 0.1) is 0 Å². The van der Waals surface area contributed by atoms with Crippen LogP contribution in [0.2, 0.25) is 0 Å². The lowest BCUT2D eigenvalue weighted by molar-refractivity contribution is 0.179. The number of pyridine rings is 1. The molecule has 0 radical (unpaired) electrons. The number of fused-ring (bicyclic) bond motifs is 3. The SMILES string of the molecule is COCc1nc2c(cnc3[nH]ccc32)[nH]1. The van der Waals surface area contributed by atoms with Gasteiger partial charge in [0.2, 0.25) is 0 Å². The van der Waals surface area contributed by atoms with Crippen molar-refractivity contribution in [2.45, 2.75) is 6.61 Å². The first-order valence-electron chi connectivity index (χ1n) is 4.68. The van der Waals surface area contributed by atoms with Gasteiger partial charge in [0.1, 0.15) is 23.6 Å². The van der Waals surface area contributed by atoms with E-state index in [4.69, 9.17) is 4.74 Å². The molecule has 76 valence electrons. The van der Waals surface area contributed by atoms with Gasteiger partial charge in [0.05, 0.1) is 11.7 Å². The Labute approximate surface area is 85.5 Å². The van der Waals surface area contributed by atoms with E-state index in [1.54, 1.807) is 13.3 Å². The lowest BCUT2D eigenvalue weighted by Crippen LogP contribution is -1.88. The van der Waals surface area contributed by atoms with Gasteiger partial charge in [-0.25, -0.2) is 9.97 Å². The minimum atomic E-state index is 0.487. The molecule has 3 rings (SSSR count). The number of imidazole rings is 1. The second kappa shape index (κ2) is 3.06. The maximum atomic E-state index is 5.03. The molecule has 3 heterocycles. The molecule has 0 aliphatic rings. The second-order valence-corrected chi connectivity index (χ2v) is 3.38. The molecule has 0 fully saturated rings. The Kier molecular flexibility index (Phi) is 1.72. The van der Waals surface area contributed by atoms with Crippen molar-refractivity contribution in [2.75, 3.05) is 7.11 Å². The number of H-pyrrole nitrogens is 2. The van der Waals surface area contributed by atoms with E-state index in [0.29, 0.717) is 6.61 Å². The fraction of sp³-hybridized carbons (Fsp3) is 0.200. The topological polar surface area (TPSA) is 66.6 Å². The molecule has 0 aliphatic heterocycles. The third-order valence-electron chi connectivity index (χ3n) is 2.36.